The second-order valence-electron chi connectivity index (χ2n) is 9.14. The Hall–Kier alpha value is -2.79. The standard InChI is InChI=1S/C22H26N2O8/c1-7-8-5-4-6-9(25)11(8)16(26)12-10(7)17(27)14-15(24(2)3)18(28)13(21(23)31)20(30)22(14,32)19(12)29/h4-7,10,12,14-15,17,19,25,27,29-30,32H,1-3H3,(H2,23,31). The number of aliphatic hydroxyl groups excluding tert-OH is 3. The average Bonchev–Trinajstić information content (AvgIpc) is 2.70. The number of phenolic OH excluding ortho intramolecular Hbond substituents is 1. The highest BCUT2D eigenvalue weighted by Gasteiger charge is 2.70. The minimum Gasteiger partial charge on any atom is -0.508 e. The highest BCUT2D eigenvalue weighted by Crippen LogP contribution is 2.56. The number of aliphatic hydroxyl groups is 4. The Bertz CT molecular complexity index is 1070. The van der Waals surface area contributed by atoms with Gasteiger partial charge < -0.3 is 31.3 Å². The molecule has 8 unspecified atom stereocenters. The first kappa shape index (κ1) is 22.4. The van der Waals surface area contributed by atoms with E-state index in [4.69, 9.17) is 5.73 Å². The molecule has 1 aromatic carbocycles. The van der Waals surface area contributed by atoms with E-state index < -0.39 is 76.3 Å². The van der Waals surface area contributed by atoms with Crippen LogP contribution in [0.2, 0.25) is 0 Å². The van der Waals surface area contributed by atoms with Crippen LogP contribution in [0.1, 0.15) is 28.8 Å². The van der Waals surface area contributed by atoms with Crippen LogP contribution in [-0.2, 0) is 9.59 Å². The topological polar surface area (TPSA) is 182 Å². The Labute approximate surface area is 183 Å². The quantitative estimate of drug-likeness (QED) is 0.305. The van der Waals surface area contributed by atoms with Gasteiger partial charge in [-0.1, -0.05) is 19.1 Å². The summed E-state index contributed by atoms with van der Waals surface area (Å²) in [6, 6.07) is 3.19. The summed E-state index contributed by atoms with van der Waals surface area (Å²) in [7, 11) is 2.97. The highest BCUT2D eigenvalue weighted by molar-refractivity contribution is 6.22. The smallest absolute Gasteiger partial charge is 0.255 e. The average molecular weight is 446 g/mol. The molecule has 0 aliphatic heterocycles. The predicted octanol–water partition coefficient (Wildman–Crippen LogP) is -1.18. The molecule has 1 amide bonds. The molecule has 1 aromatic rings. The third kappa shape index (κ3) is 2.57. The lowest BCUT2D eigenvalue weighted by Crippen LogP contribution is -2.74. The summed E-state index contributed by atoms with van der Waals surface area (Å²) in [5, 5.41) is 55.4. The first-order chi connectivity index (χ1) is 14.9. The third-order valence-electron chi connectivity index (χ3n) is 7.44. The minimum absolute atomic E-state index is 0.0378. The molecule has 10 nitrogen and oxygen atoms in total. The van der Waals surface area contributed by atoms with E-state index in [0.29, 0.717) is 5.56 Å². The number of primary amides is 1. The van der Waals surface area contributed by atoms with Gasteiger partial charge in [0.05, 0.1) is 23.6 Å². The molecule has 1 fully saturated rings. The molecule has 7 N–H and O–H groups in total. The van der Waals surface area contributed by atoms with E-state index in [9.17, 15) is 39.9 Å². The summed E-state index contributed by atoms with van der Waals surface area (Å²) >= 11 is 0. The number of hydrogen-bond acceptors (Lipinski definition) is 9. The second-order valence-corrected chi connectivity index (χ2v) is 9.14. The Kier molecular flexibility index (Phi) is 4.98. The number of fused-ring (bicyclic) bond motifs is 3. The summed E-state index contributed by atoms with van der Waals surface area (Å²) < 4.78 is 0. The van der Waals surface area contributed by atoms with Crippen LogP contribution in [0.25, 0.3) is 0 Å². The van der Waals surface area contributed by atoms with Crippen LogP contribution in [0.4, 0.5) is 0 Å². The number of hydrogen-bond donors (Lipinski definition) is 6. The van der Waals surface area contributed by atoms with Gasteiger partial charge in [-0.05, 0) is 31.6 Å². The van der Waals surface area contributed by atoms with E-state index in [1.807, 2.05) is 0 Å². The minimum atomic E-state index is -2.70. The van der Waals surface area contributed by atoms with Crippen molar-refractivity contribution in [2.45, 2.75) is 36.7 Å². The van der Waals surface area contributed by atoms with Crippen molar-refractivity contribution in [3.63, 3.8) is 0 Å². The van der Waals surface area contributed by atoms with Gasteiger partial charge in [0.25, 0.3) is 5.91 Å². The summed E-state index contributed by atoms with van der Waals surface area (Å²) in [5.41, 5.74) is 2.13. The summed E-state index contributed by atoms with van der Waals surface area (Å²) in [6.07, 6.45) is -3.52. The molecule has 172 valence electrons. The van der Waals surface area contributed by atoms with Crippen LogP contribution >= 0.6 is 0 Å². The van der Waals surface area contributed by atoms with Crippen LogP contribution in [0, 0.1) is 17.8 Å². The van der Waals surface area contributed by atoms with E-state index in [2.05, 4.69) is 0 Å². The van der Waals surface area contributed by atoms with Crippen molar-refractivity contribution >= 4 is 17.5 Å². The molecule has 0 bridgehead atoms. The zero-order valence-electron chi connectivity index (χ0n) is 17.8. The number of carbonyl (C=O) groups is 3. The molecule has 0 radical (unpaired) electrons. The molecule has 8 atom stereocenters. The van der Waals surface area contributed by atoms with Crippen molar-refractivity contribution in [1.29, 1.82) is 0 Å². The van der Waals surface area contributed by atoms with Crippen molar-refractivity contribution in [3.8, 4) is 5.75 Å². The fraction of sp³-hybridized carbons (Fsp3) is 0.500. The Morgan fingerprint density at radius 2 is 1.75 bits per heavy atom. The number of rotatable bonds is 2. The maximum Gasteiger partial charge on any atom is 0.255 e. The lowest BCUT2D eigenvalue weighted by molar-refractivity contribution is -0.221. The number of carbonyl (C=O) groups excluding carboxylic acids is 3. The van der Waals surface area contributed by atoms with Crippen molar-refractivity contribution < 1.29 is 39.9 Å². The number of nitrogens with zero attached hydrogens (tertiary/aromatic N) is 1. The Balaban J connectivity index is 1.99. The van der Waals surface area contributed by atoms with Gasteiger partial charge in [0.2, 0.25) is 0 Å². The number of aromatic hydroxyl groups is 1. The fourth-order valence-electron chi connectivity index (χ4n) is 6.05. The zero-order chi connectivity index (χ0) is 23.9. The predicted molar refractivity (Wildman–Crippen MR) is 110 cm³/mol. The number of ketones is 2. The molecule has 3 aliphatic carbocycles. The molecular formula is C22H26N2O8. The normalized spacial score (nSPS) is 38.9. The Morgan fingerprint density at radius 3 is 2.31 bits per heavy atom. The lowest BCUT2D eigenvalue weighted by atomic mass is 9.50. The maximum absolute atomic E-state index is 13.4. The van der Waals surface area contributed by atoms with Crippen molar-refractivity contribution in [2.24, 2.45) is 23.5 Å². The van der Waals surface area contributed by atoms with Crippen molar-refractivity contribution in [2.75, 3.05) is 14.1 Å². The lowest BCUT2D eigenvalue weighted by Gasteiger charge is -2.58. The molecule has 0 heterocycles. The van der Waals surface area contributed by atoms with Crippen LogP contribution in [0.15, 0.2) is 29.5 Å². The van der Waals surface area contributed by atoms with Gasteiger partial charge in [-0.2, -0.15) is 0 Å². The van der Waals surface area contributed by atoms with E-state index in [1.165, 1.54) is 25.1 Å². The number of benzene rings is 1. The molecule has 1 saturated carbocycles. The van der Waals surface area contributed by atoms with Crippen LogP contribution in [0.3, 0.4) is 0 Å². The van der Waals surface area contributed by atoms with Gasteiger partial charge in [-0.3, -0.25) is 19.3 Å². The van der Waals surface area contributed by atoms with Crippen molar-refractivity contribution in [3.05, 3.63) is 40.7 Å². The van der Waals surface area contributed by atoms with Crippen molar-refractivity contribution in [1.82, 2.24) is 4.90 Å². The van der Waals surface area contributed by atoms with Gasteiger partial charge in [-0.25, -0.2) is 0 Å². The van der Waals surface area contributed by atoms with E-state index in [1.54, 1.807) is 19.1 Å². The third-order valence-corrected chi connectivity index (χ3v) is 7.44. The maximum atomic E-state index is 13.4. The summed E-state index contributed by atoms with van der Waals surface area (Å²) in [4.78, 5) is 39.8. The summed E-state index contributed by atoms with van der Waals surface area (Å²) in [6.45, 7) is 1.71. The summed E-state index contributed by atoms with van der Waals surface area (Å²) in [5.74, 6) is -8.75. The van der Waals surface area contributed by atoms with E-state index in [-0.39, 0.29) is 11.3 Å². The van der Waals surface area contributed by atoms with Gasteiger partial charge in [0.1, 0.15) is 23.2 Å². The molecular weight excluding hydrogens is 420 g/mol. The van der Waals surface area contributed by atoms with Crippen LogP contribution in [0.5, 0.6) is 5.75 Å². The Morgan fingerprint density at radius 1 is 1.12 bits per heavy atom. The molecule has 0 spiro atoms. The van der Waals surface area contributed by atoms with Gasteiger partial charge in [0.15, 0.2) is 17.2 Å². The zero-order valence-corrected chi connectivity index (χ0v) is 17.8. The first-order valence-electron chi connectivity index (χ1n) is 10.3. The molecule has 10 heteroatoms. The molecule has 4 rings (SSSR count). The number of likely N-dealkylation sites (N-methyl/N-ethyl adjacent to an activating group) is 1. The SMILES string of the molecule is CC1c2cccc(O)c2C(=O)C2C1C(O)C1C(N(C)C)C(=O)C(C(N)=O)=C(O)C1(O)C2O. The molecule has 3 aliphatic rings. The van der Waals surface area contributed by atoms with Gasteiger partial charge >= 0.3 is 0 Å². The monoisotopic (exact) mass is 446 g/mol. The fourth-order valence-corrected chi connectivity index (χ4v) is 6.05. The van der Waals surface area contributed by atoms with Crippen LogP contribution in [-0.4, -0.2) is 85.9 Å². The van der Waals surface area contributed by atoms with Crippen LogP contribution < -0.4 is 5.73 Å². The van der Waals surface area contributed by atoms with E-state index in [0.717, 1.165) is 0 Å². The number of Topliss-reactive ketones (excluding diaryl/α,β-unsaturated/α-hetero) is 2. The van der Waals surface area contributed by atoms with E-state index >= 15 is 0 Å². The van der Waals surface area contributed by atoms with Gasteiger partial charge in [0, 0.05) is 11.8 Å². The highest BCUT2D eigenvalue weighted by atomic mass is 16.4. The number of amides is 1. The second kappa shape index (κ2) is 7.11. The molecule has 0 saturated heterocycles. The molecule has 0 aromatic heterocycles. The largest absolute Gasteiger partial charge is 0.508 e. The molecule has 32 heavy (non-hydrogen) atoms. The first-order valence-corrected chi connectivity index (χ1v) is 10.3. The van der Waals surface area contributed by atoms with Gasteiger partial charge in [-0.15, -0.1) is 0 Å². The number of phenols is 1. The number of nitrogens with two attached hydrogens (primary N) is 1.